The van der Waals surface area contributed by atoms with E-state index in [2.05, 4.69) is 15.0 Å². The van der Waals surface area contributed by atoms with Gasteiger partial charge in [0.1, 0.15) is 5.75 Å². The van der Waals surface area contributed by atoms with E-state index < -0.39 is 5.97 Å². The van der Waals surface area contributed by atoms with Crippen LogP contribution in [0, 0.1) is 0 Å². The fourth-order valence-electron chi connectivity index (χ4n) is 2.84. The molecule has 0 fully saturated rings. The molecule has 0 saturated heterocycles. The predicted octanol–water partition coefficient (Wildman–Crippen LogP) is 3.16. The summed E-state index contributed by atoms with van der Waals surface area (Å²) in [6, 6.07) is 11.8. The summed E-state index contributed by atoms with van der Waals surface area (Å²) in [7, 11) is 1.31. The standard InChI is InChI=1S/C22H26Cl2N2O5/c1-30-22(29)17-4-6-18(7-5-17)31-15-21(28)25-9-2-10-26(11-12-27)14-16-3-8-19(23)20(24)13-16/h3-8,13,27H,2,9-12,14-15H2,1H3,(H,25,28). The second kappa shape index (κ2) is 13.2. The van der Waals surface area contributed by atoms with Crippen LogP contribution in [0.5, 0.6) is 5.75 Å². The van der Waals surface area contributed by atoms with Crippen LogP contribution in [0.4, 0.5) is 0 Å². The van der Waals surface area contributed by atoms with Gasteiger partial charge in [-0.15, -0.1) is 0 Å². The van der Waals surface area contributed by atoms with Crippen molar-refractivity contribution in [2.75, 3.05) is 40.0 Å². The van der Waals surface area contributed by atoms with E-state index in [-0.39, 0.29) is 19.1 Å². The van der Waals surface area contributed by atoms with E-state index in [0.29, 0.717) is 54.0 Å². The van der Waals surface area contributed by atoms with Gasteiger partial charge in [-0.2, -0.15) is 0 Å². The van der Waals surface area contributed by atoms with Crippen LogP contribution in [0.15, 0.2) is 42.5 Å². The molecule has 2 N–H and O–H groups in total. The first kappa shape index (κ1) is 24.9. The zero-order valence-corrected chi connectivity index (χ0v) is 18.8. The van der Waals surface area contributed by atoms with Gasteiger partial charge in [0.05, 0.1) is 29.3 Å². The lowest BCUT2D eigenvalue weighted by molar-refractivity contribution is -0.123. The molecule has 0 aliphatic rings. The Morgan fingerprint density at radius 1 is 1.06 bits per heavy atom. The summed E-state index contributed by atoms with van der Waals surface area (Å²) < 4.78 is 10.1. The molecule has 0 unspecified atom stereocenters. The maximum Gasteiger partial charge on any atom is 0.337 e. The molecule has 2 aromatic carbocycles. The van der Waals surface area contributed by atoms with Gasteiger partial charge in [-0.3, -0.25) is 9.69 Å². The topological polar surface area (TPSA) is 88.1 Å². The molecule has 1 amide bonds. The molecule has 0 aliphatic heterocycles. The van der Waals surface area contributed by atoms with Crippen LogP contribution in [0.3, 0.4) is 0 Å². The largest absolute Gasteiger partial charge is 0.484 e. The second-order valence-corrected chi connectivity index (χ2v) is 7.57. The molecule has 0 atom stereocenters. The molecule has 0 heterocycles. The van der Waals surface area contributed by atoms with Crippen LogP contribution < -0.4 is 10.1 Å². The van der Waals surface area contributed by atoms with Crippen molar-refractivity contribution in [2.24, 2.45) is 0 Å². The van der Waals surface area contributed by atoms with E-state index in [0.717, 1.165) is 5.56 Å². The Labute approximate surface area is 191 Å². The monoisotopic (exact) mass is 468 g/mol. The van der Waals surface area contributed by atoms with Gasteiger partial charge in [0.25, 0.3) is 5.91 Å². The summed E-state index contributed by atoms with van der Waals surface area (Å²) in [5, 5.41) is 13.1. The van der Waals surface area contributed by atoms with Gasteiger partial charge < -0.3 is 19.9 Å². The number of ether oxygens (including phenoxy) is 2. The fraction of sp³-hybridized carbons (Fsp3) is 0.364. The minimum absolute atomic E-state index is 0.0380. The molecule has 0 radical (unpaired) electrons. The lowest BCUT2D eigenvalue weighted by Crippen LogP contribution is -2.33. The van der Waals surface area contributed by atoms with Gasteiger partial charge in [-0.05, 0) is 48.4 Å². The smallest absolute Gasteiger partial charge is 0.337 e. The van der Waals surface area contributed by atoms with Crippen molar-refractivity contribution < 1.29 is 24.2 Å². The highest BCUT2D eigenvalue weighted by molar-refractivity contribution is 6.42. The molecule has 2 aromatic rings. The molecule has 2 rings (SSSR count). The third-order valence-corrected chi connectivity index (χ3v) is 5.16. The Kier molecular flexibility index (Phi) is 10.6. The van der Waals surface area contributed by atoms with Crippen molar-refractivity contribution in [3.05, 3.63) is 63.6 Å². The summed E-state index contributed by atoms with van der Waals surface area (Å²) in [4.78, 5) is 25.5. The number of esters is 1. The SMILES string of the molecule is COC(=O)c1ccc(OCC(=O)NCCCN(CCO)Cc2ccc(Cl)c(Cl)c2)cc1. The van der Waals surface area contributed by atoms with E-state index >= 15 is 0 Å². The van der Waals surface area contributed by atoms with Crippen LogP contribution in [0.2, 0.25) is 10.0 Å². The number of nitrogens with one attached hydrogen (secondary N) is 1. The number of halogens is 2. The molecule has 0 spiro atoms. The average molecular weight is 469 g/mol. The average Bonchev–Trinajstić information content (AvgIpc) is 2.77. The first-order valence-corrected chi connectivity index (χ1v) is 10.5. The Morgan fingerprint density at radius 2 is 1.81 bits per heavy atom. The Balaban J connectivity index is 1.70. The summed E-state index contributed by atoms with van der Waals surface area (Å²) in [5.41, 5.74) is 1.41. The number of aliphatic hydroxyl groups is 1. The van der Waals surface area contributed by atoms with Crippen LogP contribution in [-0.4, -0.2) is 61.8 Å². The van der Waals surface area contributed by atoms with Gasteiger partial charge in [-0.1, -0.05) is 29.3 Å². The number of aliphatic hydroxyl groups excluding tert-OH is 1. The minimum Gasteiger partial charge on any atom is -0.484 e. The van der Waals surface area contributed by atoms with Crippen molar-refractivity contribution >= 4 is 35.1 Å². The molecule has 0 saturated carbocycles. The van der Waals surface area contributed by atoms with Gasteiger partial charge in [-0.25, -0.2) is 4.79 Å². The van der Waals surface area contributed by atoms with Gasteiger partial charge in [0, 0.05) is 26.2 Å². The van der Waals surface area contributed by atoms with E-state index in [9.17, 15) is 14.7 Å². The quantitative estimate of drug-likeness (QED) is 0.367. The second-order valence-electron chi connectivity index (χ2n) is 6.76. The molecular formula is C22H26Cl2N2O5. The van der Waals surface area contributed by atoms with Crippen molar-refractivity contribution in [1.29, 1.82) is 0 Å². The summed E-state index contributed by atoms with van der Waals surface area (Å²) in [6.45, 7) is 2.22. The first-order chi connectivity index (χ1) is 14.9. The lowest BCUT2D eigenvalue weighted by atomic mass is 10.2. The summed E-state index contributed by atoms with van der Waals surface area (Å²) in [6.07, 6.45) is 0.709. The zero-order valence-electron chi connectivity index (χ0n) is 17.3. The summed E-state index contributed by atoms with van der Waals surface area (Å²) >= 11 is 12.0. The number of amides is 1. The molecule has 168 valence electrons. The number of carbonyl (C=O) groups excluding carboxylic acids is 2. The van der Waals surface area contributed by atoms with Gasteiger partial charge in [0.2, 0.25) is 0 Å². The van der Waals surface area contributed by atoms with Crippen molar-refractivity contribution in [1.82, 2.24) is 10.2 Å². The van der Waals surface area contributed by atoms with Gasteiger partial charge in [0.15, 0.2) is 6.61 Å². The summed E-state index contributed by atoms with van der Waals surface area (Å²) in [5.74, 6) is -0.188. The lowest BCUT2D eigenvalue weighted by Gasteiger charge is -2.21. The van der Waals surface area contributed by atoms with Crippen molar-refractivity contribution in [3.8, 4) is 5.75 Å². The third kappa shape index (κ3) is 8.75. The van der Waals surface area contributed by atoms with E-state index in [1.165, 1.54) is 7.11 Å². The first-order valence-electron chi connectivity index (χ1n) is 9.78. The maximum atomic E-state index is 12.0. The number of carbonyl (C=O) groups is 2. The normalized spacial score (nSPS) is 10.7. The third-order valence-electron chi connectivity index (χ3n) is 4.43. The van der Waals surface area contributed by atoms with Crippen molar-refractivity contribution in [2.45, 2.75) is 13.0 Å². The molecular weight excluding hydrogens is 443 g/mol. The van der Waals surface area contributed by atoms with Crippen LogP contribution in [0.1, 0.15) is 22.3 Å². The van der Waals surface area contributed by atoms with Crippen LogP contribution in [0.25, 0.3) is 0 Å². The molecule has 0 bridgehead atoms. The number of benzene rings is 2. The Bertz CT molecular complexity index is 861. The van der Waals surface area contributed by atoms with Crippen LogP contribution in [-0.2, 0) is 16.1 Å². The van der Waals surface area contributed by atoms with Crippen LogP contribution >= 0.6 is 23.2 Å². The molecule has 0 aliphatic carbocycles. The zero-order chi connectivity index (χ0) is 22.6. The highest BCUT2D eigenvalue weighted by atomic mass is 35.5. The predicted molar refractivity (Wildman–Crippen MR) is 120 cm³/mol. The molecule has 0 aromatic heterocycles. The highest BCUT2D eigenvalue weighted by Crippen LogP contribution is 2.23. The molecule has 31 heavy (non-hydrogen) atoms. The number of nitrogens with zero attached hydrogens (tertiary/aromatic N) is 1. The number of rotatable bonds is 12. The molecule has 9 heteroatoms. The number of methoxy groups -OCH3 is 1. The number of hydrogen-bond acceptors (Lipinski definition) is 6. The maximum absolute atomic E-state index is 12.0. The molecule has 7 nitrogen and oxygen atoms in total. The van der Waals surface area contributed by atoms with E-state index in [1.807, 2.05) is 12.1 Å². The highest BCUT2D eigenvalue weighted by Gasteiger charge is 2.09. The van der Waals surface area contributed by atoms with Crippen molar-refractivity contribution in [3.63, 3.8) is 0 Å². The Hall–Kier alpha value is -2.32. The minimum atomic E-state index is -0.432. The number of hydrogen-bond donors (Lipinski definition) is 2. The van der Waals surface area contributed by atoms with E-state index in [1.54, 1.807) is 30.3 Å². The van der Waals surface area contributed by atoms with Gasteiger partial charge >= 0.3 is 5.97 Å². The fourth-order valence-corrected chi connectivity index (χ4v) is 3.16. The van der Waals surface area contributed by atoms with E-state index in [4.69, 9.17) is 27.9 Å². The Morgan fingerprint density at radius 3 is 2.45 bits per heavy atom.